The molecule has 2 heterocycles. The van der Waals surface area contributed by atoms with Crippen LogP contribution in [0.4, 0.5) is 11.6 Å². The third-order valence-electron chi connectivity index (χ3n) is 3.26. The van der Waals surface area contributed by atoms with Crippen molar-refractivity contribution in [3.05, 3.63) is 22.5 Å². The van der Waals surface area contributed by atoms with Crippen molar-refractivity contribution in [2.75, 3.05) is 31.1 Å². The van der Waals surface area contributed by atoms with Crippen LogP contribution in [0.2, 0.25) is 0 Å². The van der Waals surface area contributed by atoms with Gasteiger partial charge in [0, 0.05) is 19.7 Å². The molecule has 0 radical (unpaired) electrons. The van der Waals surface area contributed by atoms with Crippen LogP contribution in [-0.4, -0.2) is 47.2 Å². The Morgan fingerprint density at radius 2 is 2.05 bits per heavy atom. The fourth-order valence-corrected chi connectivity index (χ4v) is 2.13. The lowest BCUT2D eigenvalue weighted by molar-refractivity contribution is -0.385. The van der Waals surface area contributed by atoms with Crippen molar-refractivity contribution in [3.8, 4) is 0 Å². The Balaban J connectivity index is 1.82. The Bertz CT molecular complexity index is 431. The monoisotopic (exact) mass is 281 g/mol. The van der Waals surface area contributed by atoms with E-state index < -0.39 is 4.92 Å². The van der Waals surface area contributed by atoms with Crippen molar-refractivity contribution in [2.45, 2.75) is 25.4 Å². The van der Waals surface area contributed by atoms with E-state index in [0.717, 1.165) is 32.4 Å². The average molecular weight is 281 g/mol. The van der Waals surface area contributed by atoms with Crippen LogP contribution >= 0.6 is 0 Å². The van der Waals surface area contributed by atoms with E-state index in [1.54, 1.807) is 0 Å². The maximum absolute atomic E-state index is 10.5. The molecule has 0 spiro atoms. The molecule has 1 saturated heterocycles. The molecule has 1 aliphatic heterocycles. The van der Waals surface area contributed by atoms with Gasteiger partial charge in [0.2, 0.25) is 5.95 Å². The van der Waals surface area contributed by atoms with Gasteiger partial charge in [-0.05, 0) is 25.8 Å². The van der Waals surface area contributed by atoms with E-state index in [0.29, 0.717) is 19.1 Å². The molecule has 1 aliphatic rings. The molecule has 0 aliphatic carbocycles. The van der Waals surface area contributed by atoms with Gasteiger partial charge in [0.15, 0.2) is 0 Å². The van der Waals surface area contributed by atoms with Gasteiger partial charge in [0.05, 0.1) is 11.0 Å². The maximum atomic E-state index is 10.5. The fraction of sp³-hybridized carbons (Fsp3) is 0.667. The zero-order chi connectivity index (χ0) is 14.4. The van der Waals surface area contributed by atoms with E-state index in [2.05, 4.69) is 9.97 Å². The van der Waals surface area contributed by atoms with E-state index in [9.17, 15) is 10.1 Å². The molecular formula is C12H19N5O3. The highest BCUT2D eigenvalue weighted by Gasteiger charge is 2.21. The van der Waals surface area contributed by atoms with Gasteiger partial charge in [0.1, 0.15) is 12.4 Å². The zero-order valence-electron chi connectivity index (χ0n) is 11.3. The van der Waals surface area contributed by atoms with Gasteiger partial charge >= 0.3 is 5.69 Å². The van der Waals surface area contributed by atoms with Crippen molar-refractivity contribution in [2.24, 2.45) is 5.73 Å². The van der Waals surface area contributed by atoms with Crippen molar-refractivity contribution >= 4 is 11.6 Å². The number of hydrogen-bond donors (Lipinski definition) is 1. The quantitative estimate of drug-likeness (QED) is 0.465. The zero-order valence-corrected chi connectivity index (χ0v) is 11.3. The van der Waals surface area contributed by atoms with Gasteiger partial charge in [-0.1, -0.05) is 0 Å². The second kappa shape index (κ2) is 7.11. The van der Waals surface area contributed by atoms with Crippen LogP contribution in [0.25, 0.3) is 0 Å². The molecule has 0 aromatic carbocycles. The molecule has 1 fully saturated rings. The van der Waals surface area contributed by atoms with Gasteiger partial charge < -0.3 is 15.4 Å². The normalized spacial score (nSPS) is 16.4. The topological polar surface area (TPSA) is 107 Å². The second-order valence-corrected chi connectivity index (χ2v) is 4.70. The van der Waals surface area contributed by atoms with Crippen molar-refractivity contribution in [1.29, 1.82) is 0 Å². The van der Waals surface area contributed by atoms with Gasteiger partial charge in [-0.3, -0.25) is 10.1 Å². The molecule has 2 rings (SSSR count). The number of nitro groups is 1. The van der Waals surface area contributed by atoms with E-state index in [4.69, 9.17) is 10.5 Å². The largest absolute Gasteiger partial charge is 0.378 e. The summed E-state index contributed by atoms with van der Waals surface area (Å²) in [4.78, 5) is 20.1. The highest BCUT2D eigenvalue weighted by Crippen LogP contribution is 2.19. The van der Waals surface area contributed by atoms with E-state index in [1.807, 2.05) is 4.90 Å². The summed E-state index contributed by atoms with van der Waals surface area (Å²) in [6, 6.07) is 0. The van der Waals surface area contributed by atoms with Crippen LogP contribution in [0, 0.1) is 10.1 Å². The van der Waals surface area contributed by atoms with E-state index >= 15 is 0 Å². The number of rotatable bonds is 6. The van der Waals surface area contributed by atoms with Crippen LogP contribution in [-0.2, 0) is 4.74 Å². The molecule has 1 aromatic rings. The Morgan fingerprint density at radius 1 is 1.40 bits per heavy atom. The molecule has 0 unspecified atom stereocenters. The molecule has 0 atom stereocenters. The van der Waals surface area contributed by atoms with Crippen LogP contribution in [0.3, 0.4) is 0 Å². The number of piperidine rings is 1. The standard InChI is InChI=1S/C12H19N5O3/c13-4-1-7-20-11-2-5-16(6-3-11)12-14-8-10(9-15-12)17(18)19/h8-9,11H,1-7,13H2. The van der Waals surface area contributed by atoms with Gasteiger partial charge in [-0.25, -0.2) is 9.97 Å². The highest BCUT2D eigenvalue weighted by atomic mass is 16.6. The first kappa shape index (κ1) is 14.6. The third-order valence-corrected chi connectivity index (χ3v) is 3.26. The van der Waals surface area contributed by atoms with Crippen molar-refractivity contribution in [1.82, 2.24) is 9.97 Å². The van der Waals surface area contributed by atoms with Crippen molar-refractivity contribution in [3.63, 3.8) is 0 Å². The first-order valence-electron chi connectivity index (χ1n) is 6.73. The lowest BCUT2D eigenvalue weighted by atomic mass is 10.1. The smallest absolute Gasteiger partial charge is 0.305 e. The van der Waals surface area contributed by atoms with Crippen LogP contribution in [0.15, 0.2) is 12.4 Å². The number of hydrogen-bond acceptors (Lipinski definition) is 7. The summed E-state index contributed by atoms with van der Waals surface area (Å²) in [7, 11) is 0. The summed E-state index contributed by atoms with van der Waals surface area (Å²) in [5, 5.41) is 10.5. The fourth-order valence-electron chi connectivity index (χ4n) is 2.13. The Morgan fingerprint density at radius 3 is 2.60 bits per heavy atom. The molecule has 1 aromatic heterocycles. The number of nitrogens with two attached hydrogens (primary N) is 1. The van der Waals surface area contributed by atoms with Crippen LogP contribution < -0.4 is 10.6 Å². The van der Waals surface area contributed by atoms with Crippen LogP contribution in [0.1, 0.15) is 19.3 Å². The SMILES string of the molecule is NCCCOC1CCN(c2ncc([N+](=O)[O-])cn2)CC1. The molecule has 2 N–H and O–H groups in total. The first-order valence-corrected chi connectivity index (χ1v) is 6.73. The maximum Gasteiger partial charge on any atom is 0.305 e. The van der Waals surface area contributed by atoms with Crippen molar-refractivity contribution < 1.29 is 9.66 Å². The lowest BCUT2D eigenvalue weighted by Gasteiger charge is -2.31. The highest BCUT2D eigenvalue weighted by molar-refractivity contribution is 5.34. The lowest BCUT2D eigenvalue weighted by Crippen LogP contribution is -2.38. The number of anilines is 1. The number of ether oxygens (including phenoxy) is 1. The summed E-state index contributed by atoms with van der Waals surface area (Å²) < 4.78 is 5.72. The molecule has 8 nitrogen and oxygen atoms in total. The summed E-state index contributed by atoms with van der Waals surface area (Å²) in [5.41, 5.74) is 5.33. The predicted octanol–water partition coefficient (Wildman–Crippen LogP) is 0.719. The van der Waals surface area contributed by atoms with Crippen LogP contribution in [0.5, 0.6) is 0 Å². The molecular weight excluding hydrogens is 262 g/mol. The van der Waals surface area contributed by atoms with Gasteiger partial charge in [-0.15, -0.1) is 0 Å². The van der Waals surface area contributed by atoms with Gasteiger partial charge in [0.25, 0.3) is 0 Å². The molecule has 0 saturated carbocycles. The number of aromatic nitrogens is 2. The predicted molar refractivity (Wildman–Crippen MR) is 73.5 cm³/mol. The average Bonchev–Trinajstić information content (AvgIpc) is 2.48. The van der Waals surface area contributed by atoms with E-state index in [-0.39, 0.29) is 11.8 Å². The molecule has 0 bridgehead atoms. The van der Waals surface area contributed by atoms with Gasteiger partial charge in [-0.2, -0.15) is 0 Å². The summed E-state index contributed by atoms with van der Waals surface area (Å²) in [5.74, 6) is 0.538. The Hall–Kier alpha value is -1.80. The summed E-state index contributed by atoms with van der Waals surface area (Å²) >= 11 is 0. The molecule has 20 heavy (non-hydrogen) atoms. The Kier molecular flexibility index (Phi) is 5.19. The van der Waals surface area contributed by atoms with E-state index in [1.165, 1.54) is 12.4 Å². The summed E-state index contributed by atoms with van der Waals surface area (Å²) in [6.45, 7) is 2.95. The molecule has 110 valence electrons. The third kappa shape index (κ3) is 3.84. The second-order valence-electron chi connectivity index (χ2n) is 4.70. The minimum atomic E-state index is -0.499. The minimum Gasteiger partial charge on any atom is -0.378 e. The Labute approximate surface area is 117 Å². The summed E-state index contributed by atoms with van der Waals surface area (Å²) in [6.07, 6.45) is 5.44. The molecule has 0 amide bonds. The molecule has 8 heteroatoms. The minimum absolute atomic E-state index is 0.0891. The first-order chi connectivity index (χ1) is 9.70. The number of nitrogens with zero attached hydrogens (tertiary/aromatic N) is 4.